The molecule has 0 spiro atoms. The number of benzene rings is 1. The lowest BCUT2D eigenvalue weighted by Crippen LogP contribution is -2.49. The molecule has 1 aliphatic carbocycles. The highest BCUT2D eigenvalue weighted by molar-refractivity contribution is 5.31. The second kappa shape index (κ2) is 6.39. The molecule has 1 aliphatic rings. The first-order valence-corrected chi connectivity index (χ1v) is 7.51. The predicted molar refractivity (Wildman–Crippen MR) is 82.0 cm³/mol. The molecule has 3 heteroatoms. The van der Waals surface area contributed by atoms with Gasteiger partial charge in [0.15, 0.2) is 0 Å². The molecule has 1 unspecified atom stereocenters. The maximum absolute atomic E-state index is 9.53. The van der Waals surface area contributed by atoms with Crippen LogP contribution in [0.5, 0.6) is 0 Å². The zero-order valence-corrected chi connectivity index (χ0v) is 12.5. The van der Waals surface area contributed by atoms with Crippen molar-refractivity contribution in [3.05, 3.63) is 35.9 Å². The Balaban J connectivity index is 2.05. The fourth-order valence-electron chi connectivity index (χ4n) is 3.13. The number of nitriles is 1. The molecule has 0 radical (unpaired) electrons. The largest absolute Gasteiger partial charge is 0.309 e. The summed E-state index contributed by atoms with van der Waals surface area (Å²) in [7, 11) is 2.10. The van der Waals surface area contributed by atoms with Gasteiger partial charge in [-0.2, -0.15) is 5.26 Å². The Kier molecular flexibility index (Phi) is 4.80. The molecule has 108 valence electrons. The minimum Gasteiger partial charge on any atom is -0.309 e. The molecule has 1 saturated carbocycles. The van der Waals surface area contributed by atoms with Gasteiger partial charge in [-0.25, -0.2) is 0 Å². The van der Waals surface area contributed by atoms with Gasteiger partial charge in [0.05, 0.1) is 6.07 Å². The topological polar surface area (TPSA) is 53.0 Å². The lowest BCUT2D eigenvalue weighted by molar-refractivity contribution is 0.151. The van der Waals surface area contributed by atoms with E-state index in [0.29, 0.717) is 12.6 Å². The van der Waals surface area contributed by atoms with Gasteiger partial charge in [-0.15, -0.1) is 0 Å². The van der Waals surface area contributed by atoms with Gasteiger partial charge in [0.2, 0.25) is 0 Å². The maximum atomic E-state index is 9.53. The zero-order valence-electron chi connectivity index (χ0n) is 12.5. The first-order valence-electron chi connectivity index (χ1n) is 7.51. The monoisotopic (exact) mass is 271 g/mol. The number of likely N-dealkylation sites (N-methyl/N-ethyl adjacent to an activating group) is 1. The van der Waals surface area contributed by atoms with E-state index in [1.165, 1.54) is 25.7 Å². The Hall–Kier alpha value is -1.37. The van der Waals surface area contributed by atoms with Gasteiger partial charge in [-0.05, 0) is 44.2 Å². The highest BCUT2D eigenvalue weighted by Crippen LogP contribution is 2.28. The van der Waals surface area contributed by atoms with Gasteiger partial charge in [-0.1, -0.05) is 37.3 Å². The van der Waals surface area contributed by atoms with E-state index in [1.807, 2.05) is 30.3 Å². The van der Waals surface area contributed by atoms with E-state index < -0.39 is 5.54 Å². The van der Waals surface area contributed by atoms with Crippen LogP contribution in [0.25, 0.3) is 0 Å². The van der Waals surface area contributed by atoms with E-state index in [4.69, 9.17) is 5.73 Å². The molecule has 1 aromatic rings. The molecule has 20 heavy (non-hydrogen) atoms. The minimum atomic E-state index is -0.918. The van der Waals surface area contributed by atoms with Crippen molar-refractivity contribution in [2.75, 3.05) is 13.6 Å². The highest BCUT2D eigenvalue weighted by Gasteiger charge is 2.32. The van der Waals surface area contributed by atoms with Crippen molar-refractivity contribution in [2.45, 2.75) is 44.2 Å². The Morgan fingerprint density at radius 3 is 2.40 bits per heavy atom. The average molecular weight is 271 g/mol. The van der Waals surface area contributed by atoms with Gasteiger partial charge in [0.1, 0.15) is 5.54 Å². The first kappa shape index (κ1) is 15.0. The Morgan fingerprint density at radius 2 is 1.85 bits per heavy atom. The summed E-state index contributed by atoms with van der Waals surface area (Å²) < 4.78 is 0. The van der Waals surface area contributed by atoms with Crippen molar-refractivity contribution in [3.63, 3.8) is 0 Å². The lowest BCUT2D eigenvalue weighted by atomic mass is 9.85. The summed E-state index contributed by atoms with van der Waals surface area (Å²) >= 11 is 0. The van der Waals surface area contributed by atoms with Crippen LogP contribution < -0.4 is 5.73 Å². The van der Waals surface area contributed by atoms with Crippen LogP contribution in [0.4, 0.5) is 0 Å². The summed E-state index contributed by atoms with van der Waals surface area (Å²) in [5.41, 5.74) is 6.33. The number of rotatable bonds is 4. The number of hydrogen-bond acceptors (Lipinski definition) is 3. The molecule has 2 rings (SSSR count). The van der Waals surface area contributed by atoms with E-state index in [0.717, 1.165) is 11.5 Å². The molecule has 0 aromatic heterocycles. The second-order valence-electron chi connectivity index (χ2n) is 6.28. The van der Waals surface area contributed by atoms with Crippen molar-refractivity contribution < 1.29 is 0 Å². The summed E-state index contributed by atoms with van der Waals surface area (Å²) in [5, 5.41) is 9.53. The average Bonchev–Trinajstić information content (AvgIpc) is 2.48. The van der Waals surface area contributed by atoms with Crippen LogP contribution in [0, 0.1) is 17.2 Å². The third-order valence-electron chi connectivity index (χ3n) is 4.60. The highest BCUT2D eigenvalue weighted by atomic mass is 15.2. The van der Waals surface area contributed by atoms with Crippen molar-refractivity contribution in [2.24, 2.45) is 11.7 Å². The van der Waals surface area contributed by atoms with Crippen LogP contribution in [0.2, 0.25) is 0 Å². The molecule has 0 saturated heterocycles. The normalized spacial score (nSPS) is 25.9. The molecule has 1 atom stereocenters. The molecular formula is C17H25N3. The van der Waals surface area contributed by atoms with Crippen LogP contribution in [0.3, 0.4) is 0 Å². The second-order valence-corrected chi connectivity index (χ2v) is 6.28. The molecule has 0 heterocycles. The van der Waals surface area contributed by atoms with Gasteiger partial charge in [0.25, 0.3) is 0 Å². The van der Waals surface area contributed by atoms with E-state index in [-0.39, 0.29) is 0 Å². The van der Waals surface area contributed by atoms with E-state index in [9.17, 15) is 5.26 Å². The fraction of sp³-hybridized carbons (Fsp3) is 0.588. The molecule has 1 aromatic carbocycles. The molecule has 1 fully saturated rings. The van der Waals surface area contributed by atoms with Gasteiger partial charge in [0, 0.05) is 12.6 Å². The summed E-state index contributed by atoms with van der Waals surface area (Å²) in [6.45, 7) is 2.91. The molecule has 0 bridgehead atoms. The van der Waals surface area contributed by atoms with Crippen molar-refractivity contribution in [3.8, 4) is 6.07 Å². The molecular weight excluding hydrogens is 246 g/mol. The fourth-order valence-corrected chi connectivity index (χ4v) is 3.13. The molecule has 3 nitrogen and oxygen atoms in total. The van der Waals surface area contributed by atoms with Gasteiger partial charge < -0.3 is 10.6 Å². The SMILES string of the molecule is CC1CCC(N(C)CC(N)(C#N)c2ccccc2)CC1. The Labute approximate surface area is 122 Å². The third-order valence-corrected chi connectivity index (χ3v) is 4.60. The number of hydrogen-bond donors (Lipinski definition) is 1. The summed E-state index contributed by atoms with van der Waals surface area (Å²) in [6, 6.07) is 12.6. The first-order chi connectivity index (χ1) is 9.55. The van der Waals surface area contributed by atoms with Crippen LogP contribution in [0.1, 0.15) is 38.2 Å². The lowest BCUT2D eigenvalue weighted by Gasteiger charge is -2.37. The van der Waals surface area contributed by atoms with Gasteiger partial charge in [-0.3, -0.25) is 0 Å². The zero-order chi connectivity index (χ0) is 14.6. The van der Waals surface area contributed by atoms with E-state index in [1.54, 1.807) is 0 Å². The summed E-state index contributed by atoms with van der Waals surface area (Å²) in [4.78, 5) is 2.28. The Morgan fingerprint density at radius 1 is 1.25 bits per heavy atom. The Bertz CT molecular complexity index is 457. The minimum absolute atomic E-state index is 0.561. The maximum Gasteiger partial charge on any atom is 0.142 e. The van der Waals surface area contributed by atoms with Crippen LogP contribution in [-0.2, 0) is 5.54 Å². The van der Waals surface area contributed by atoms with Crippen LogP contribution in [-0.4, -0.2) is 24.5 Å². The van der Waals surface area contributed by atoms with E-state index in [2.05, 4.69) is 24.9 Å². The summed E-state index contributed by atoms with van der Waals surface area (Å²) in [6.07, 6.45) is 5.00. The van der Waals surface area contributed by atoms with Crippen molar-refractivity contribution in [1.29, 1.82) is 5.26 Å². The number of nitrogens with two attached hydrogens (primary N) is 1. The standard InChI is InChI=1S/C17H25N3/c1-14-8-10-16(11-9-14)20(2)13-17(19,12-18)15-6-4-3-5-7-15/h3-7,14,16H,8-11,13,19H2,1-2H3. The molecule has 0 aliphatic heterocycles. The molecule has 0 amide bonds. The van der Waals surface area contributed by atoms with Crippen molar-refractivity contribution >= 4 is 0 Å². The third kappa shape index (κ3) is 3.39. The predicted octanol–water partition coefficient (Wildman–Crippen LogP) is 2.87. The number of nitrogens with zero attached hydrogens (tertiary/aromatic N) is 2. The van der Waals surface area contributed by atoms with Crippen LogP contribution >= 0.6 is 0 Å². The van der Waals surface area contributed by atoms with Gasteiger partial charge >= 0.3 is 0 Å². The van der Waals surface area contributed by atoms with Crippen LogP contribution in [0.15, 0.2) is 30.3 Å². The van der Waals surface area contributed by atoms with E-state index >= 15 is 0 Å². The smallest absolute Gasteiger partial charge is 0.142 e. The van der Waals surface area contributed by atoms with Crippen molar-refractivity contribution in [1.82, 2.24) is 4.90 Å². The summed E-state index contributed by atoms with van der Waals surface area (Å²) in [5.74, 6) is 0.840. The quantitative estimate of drug-likeness (QED) is 0.916. The molecule has 2 N–H and O–H groups in total.